The number of fused-ring (bicyclic) bond motifs is 1. The van der Waals surface area contributed by atoms with E-state index >= 15 is 0 Å². The molecule has 126 valence electrons. The second-order valence-electron chi connectivity index (χ2n) is 6.93. The molecule has 3 rings (SSSR count). The minimum Gasteiger partial charge on any atom is -0.375 e. The van der Waals surface area contributed by atoms with Crippen LogP contribution in [0.1, 0.15) is 24.8 Å². The van der Waals surface area contributed by atoms with Gasteiger partial charge in [-0.3, -0.25) is 14.7 Å². The van der Waals surface area contributed by atoms with Crippen molar-refractivity contribution in [2.45, 2.75) is 31.8 Å². The van der Waals surface area contributed by atoms with Gasteiger partial charge in [-0.1, -0.05) is 12.5 Å². The average Bonchev–Trinajstić information content (AvgIpc) is 3.00. The molecule has 1 aromatic rings. The standard InChI is InChI=1S/C18H27N3O2/c1-20(10-14-5-4-8-19-9-14)17-7-3-6-15-11-21(12-16(15)17)18(22)13-23-2/h4-5,8-9,15-17H,3,6-7,10-13H2,1-2H3/t15-,16+,17+/m1/s1. The van der Waals surface area contributed by atoms with Crippen LogP contribution in [0, 0.1) is 11.8 Å². The topological polar surface area (TPSA) is 45.7 Å². The van der Waals surface area contributed by atoms with Gasteiger partial charge in [0.15, 0.2) is 0 Å². The Bertz CT molecular complexity index is 522. The van der Waals surface area contributed by atoms with Gasteiger partial charge in [0.2, 0.25) is 5.91 Å². The van der Waals surface area contributed by atoms with Crippen molar-refractivity contribution in [3.05, 3.63) is 30.1 Å². The highest BCUT2D eigenvalue weighted by atomic mass is 16.5. The van der Waals surface area contributed by atoms with Crippen LogP contribution >= 0.6 is 0 Å². The molecule has 0 radical (unpaired) electrons. The van der Waals surface area contributed by atoms with Crippen LogP contribution in [-0.2, 0) is 16.1 Å². The zero-order valence-corrected chi connectivity index (χ0v) is 14.1. The number of nitrogens with zero attached hydrogens (tertiary/aromatic N) is 3. The van der Waals surface area contributed by atoms with Crippen molar-refractivity contribution < 1.29 is 9.53 Å². The van der Waals surface area contributed by atoms with Gasteiger partial charge in [-0.2, -0.15) is 0 Å². The van der Waals surface area contributed by atoms with E-state index in [1.54, 1.807) is 7.11 Å². The molecule has 1 saturated heterocycles. The lowest BCUT2D eigenvalue weighted by molar-refractivity contribution is -0.134. The molecular weight excluding hydrogens is 290 g/mol. The molecule has 5 nitrogen and oxygen atoms in total. The summed E-state index contributed by atoms with van der Waals surface area (Å²) in [5, 5.41) is 0. The Morgan fingerprint density at radius 1 is 1.43 bits per heavy atom. The maximum atomic E-state index is 12.1. The fraction of sp³-hybridized carbons (Fsp3) is 0.667. The Balaban J connectivity index is 1.64. The number of carbonyl (C=O) groups is 1. The molecule has 1 aliphatic heterocycles. The molecule has 1 saturated carbocycles. The number of hydrogen-bond acceptors (Lipinski definition) is 4. The smallest absolute Gasteiger partial charge is 0.248 e. The molecule has 2 heterocycles. The third-order valence-corrected chi connectivity index (χ3v) is 5.40. The van der Waals surface area contributed by atoms with Crippen LogP contribution in [0.4, 0.5) is 0 Å². The first-order valence-electron chi connectivity index (χ1n) is 8.55. The lowest BCUT2D eigenvalue weighted by Gasteiger charge is -2.39. The van der Waals surface area contributed by atoms with Gasteiger partial charge in [0, 0.05) is 45.2 Å². The van der Waals surface area contributed by atoms with Crippen molar-refractivity contribution in [1.82, 2.24) is 14.8 Å². The van der Waals surface area contributed by atoms with E-state index in [1.165, 1.54) is 24.8 Å². The van der Waals surface area contributed by atoms with Gasteiger partial charge in [-0.15, -0.1) is 0 Å². The first kappa shape index (κ1) is 16.4. The van der Waals surface area contributed by atoms with Gasteiger partial charge in [-0.25, -0.2) is 0 Å². The molecule has 2 fully saturated rings. The van der Waals surface area contributed by atoms with E-state index in [2.05, 4.69) is 23.0 Å². The van der Waals surface area contributed by atoms with E-state index in [4.69, 9.17) is 4.74 Å². The predicted octanol–water partition coefficient (Wildman–Crippen LogP) is 1.79. The fourth-order valence-corrected chi connectivity index (χ4v) is 4.30. The van der Waals surface area contributed by atoms with Gasteiger partial charge < -0.3 is 9.64 Å². The Kier molecular flexibility index (Phi) is 5.28. The van der Waals surface area contributed by atoms with E-state index in [9.17, 15) is 4.79 Å². The molecular formula is C18H27N3O2. The average molecular weight is 317 g/mol. The van der Waals surface area contributed by atoms with Crippen molar-refractivity contribution in [3.8, 4) is 0 Å². The normalized spacial score (nSPS) is 27.3. The van der Waals surface area contributed by atoms with Crippen LogP contribution < -0.4 is 0 Å². The number of amides is 1. The summed E-state index contributed by atoms with van der Waals surface area (Å²) >= 11 is 0. The summed E-state index contributed by atoms with van der Waals surface area (Å²) < 4.78 is 5.01. The molecule has 5 heteroatoms. The quantitative estimate of drug-likeness (QED) is 0.830. The zero-order valence-electron chi connectivity index (χ0n) is 14.1. The highest BCUT2D eigenvalue weighted by Gasteiger charge is 2.42. The summed E-state index contributed by atoms with van der Waals surface area (Å²) in [4.78, 5) is 20.8. The van der Waals surface area contributed by atoms with Crippen molar-refractivity contribution in [3.63, 3.8) is 0 Å². The molecule has 1 amide bonds. The van der Waals surface area contributed by atoms with Gasteiger partial charge in [0.1, 0.15) is 6.61 Å². The number of hydrogen-bond donors (Lipinski definition) is 0. The largest absolute Gasteiger partial charge is 0.375 e. The number of pyridine rings is 1. The third kappa shape index (κ3) is 3.72. The summed E-state index contributed by atoms with van der Waals surface area (Å²) in [5.41, 5.74) is 1.25. The van der Waals surface area contributed by atoms with Gasteiger partial charge in [0.05, 0.1) is 0 Å². The summed E-state index contributed by atoms with van der Waals surface area (Å²) in [6.45, 7) is 2.92. The van der Waals surface area contributed by atoms with Crippen LogP contribution in [0.3, 0.4) is 0 Å². The monoisotopic (exact) mass is 317 g/mol. The lowest BCUT2D eigenvalue weighted by atomic mass is 9.77. The summed E-state index contributed by atoms with van der Waals surface area (Å²) in [6.07, 6.45) is 7.49. The minimum atomic E-state index is 0.135. The van der Waals surface area contributed by atoms with Crippen LogP contribution in [0.15, 0.2) is 24.5 Å². The Labute approximate surface area is 138 Å². The number of carbonyl (C=O) groups excluding carboxylic acids is 1. The Morgan fingerprint density at radius 2 is 2.30 bits per heavy atom. The van der Waals surface area contributed by atoms with Crippen molar-refractivity contribution >= 4 is 5.91 Å². The van der Waals surface area contributed by atoms with E-state index in [1.807, 2.05) is 23.4 Å². The second kappa shape index (κ2) is 7.41. The van der Waals surface area contributed by atoms with Crippen molar-refractivity contribution in [1.29, 1.82) is 0 Å². The number of aromatic nitrogens is 1. The van der Waals surface area contributed by atoms with Crippen LogP contribution in [0.2, 0.25) is 0 Å². The number of ether oxygens (including phenoxy) is 1. The van der Waals surface area contributed by atoms with Crippen LogP contribution in [0.5, 0.6) is 0 Å². The molecule has 1 aromatic heterocycles. The first-order valence-corrected chi connectivity index (χ1v) is 8.55. The zero-order chi connectivity index (χ0) is 16.2. The summed E-state index contributed by atoms with van der Waals surface area (Å²) in [6, 6.07) is 4.68. The SMILES string of the molecule is COCC(=O)N1C[C@H]2CCC[C@H](N(C)Cc3cccnc3)[C@H]2C1. The first-order chi connectivity index (χ1) is 11.2. The van der Waals surface area contributed by atoms with E-state index in [-0.39, 0.29) is 12.5 Å². The molecule has 0 unspecified atom stereocenters. The Hall–Kier alpha value is -1.46. The highest BCUT2D eigenvalue weighted by Crippen LogP contribution is 2.38. The molecule has 0 N–H and O–H groups in total. The number of rotatable bonds is 5. The van der Waals surface area contributed by atoms with E-state index in [0.29, 0.717) is 17.9 Å². The Morgan fingerprint density at radius 3 is 3.04 bits per heavy atom. The fourth-order valence-electron chi connectivity index (χ4n) is 4.30. The maximum absolute atomic E-state index is 12.1. The molecule has 0 aromatic carbocycles. The summed E-state index contributed by atoms with van der Waals surface area (Å²) in [5.74, 6) is 1.37. The van der Waals surface area contributed by atoms with Crippen LogP contribution in [0.25, 0.3) is 0 Å². The van der Waals surface area contributed by atoms with Gasteiger partial charge >= 0.3 is 0 Å². The van der Waals surface area contributed by atoms with Crippen LogP contribution in [-0.4, -0.2) is 60.6 Å². The van der Waals surface area contributed by atoms with Gasteiger partial charge in [0.25, 0.3) is 0 Å². The second-order valence-corrected chi connectivity index (χ2v) is 6.93. The molecule has 23 heavy (non-hydrogen) atoms. The lowest BCUT2D eigenvalue weighted by Crippen LogP contribution is -2.43. The molecule has 1 aliphatic carbocycles. The molecule has 2 aliphatic rings. The third-order valence-electron chi connectivity index (χ3n) is 5.40. The predicted molar refractivity (Wildman–Crippen MR) is 88.8 cm³/mol. The molecule has 3 atom stereocenters. The van der Waals surface area contributed by atoms with Crippen molar-refractivity contribution in [2.75, 3.05) is 33.9 Å². The minimum absolute atomic E-state index is 0.135. The van der Waals surface area contributed by atoms with E-state index in [0.717, 1.165) is 19.6 Å². The molecule has 0 spiro atoms. The van der Waals surface area contributed by atoms with Crippen molar-refractivity contribution in [2.24, 2.45) is 11.8 Å². The van der Waals surface area contributed by atoms with Gasteiger partial charge in [-0.05, 0) is 43.4 Å². The maximum Gasteiger partial charge on any atom is 0.248 e. The number of methoxy groups -OCH3 is 1. The highest BCUT2D eigenvalue weighted by molar-refractivity contribution is 5.77. The molecule has 0 bridgehead atoms. The summed E-state index contributed by atoms with van der Waals surface area (Å²) in [7, 11) is 3.80. The number of likely N-dealkylation sites (tertiary alicyclic amines) is 1. The van der Waals surface area contributed by atoms with E-state index < -0.39 is 0 Å².